The van der Waals surface area contributed by atoms with E-state index in [1.54, 1.807) is 0 Å². The number of hydrogen-bond acceptors (Lipinski definition) is 5. The molecule has 25 heavy (non-hydrogen) atoms. The van der Waals surface area contributed by atoms with Gasteiger partial charge in [0.2, 0.25) is 5.88 Å². The molecule has 0 fully saturated rings. The highest BCUT2D eigenvalue weighted by atomic mass is 35.5. The molecule has 2 N–H and O–H groups in total. The number of hydrogen-bond donors (Lipinski definition) is 2. The number of phenolic OH excluding ortho intramolecular Hbond substituents is 1. The lowest BCUT2D eigenvalue weighted by atomic mass is 10.2. The van der Waals surface area contributed by atoms with Gasteiger partial charge >= 0.3 is 0 Å². The van der Waals surface area contributed by atoms with Crippen LogP contribution in [0.1, 0.15) is 10.4 Å². The number of ether oxygens (including phenoxy) is 1. The zero-order chi connectivity index (χ0) is 17.8. The van der Waals surface area contributed by atoms with E-state index >= 15 is 0 Å². The molecule has 1 amide bonds. The van der Waals surface area contributed by atoms with Crippen LogP contribution in [0, 0.1) is 5.82 Å². The number of rotatable bonds is 4. The minimum atomic E-state index is -0.573. The fourth-order valence-corrected chi connectivity index (χ4v) is 2.13. The molecule has 0 bridgehead atoms. The summed E-state index contributed by atoms with van der Waals surface area (Å²) in [5, 5.41) is 11.7. The molecule has 0 aliphatic rings. The molecule has 1 aromatic heterocycles. The first-order valence-electron chi connectivity index (χ1n) is 7.07. The maximum Gasteiger partial charge on any atom is 0.256 e. The predicted molar refractivity (Wildman–Crippen MR) is 89.6 cm³/mol. The third-order valence-corrected chi connectivity index (χ3v) is 3.47. The normalized spacial score (nSPS) is 10.3. The standard InChI is InChI=1S/C17H11ClFN3O3/c18-14-15(22-16(24)10-2-1-3-11(19)8-10)20-9-21-17(14)25-13-6-4-12(23)5-7-13/h1-9,23H,(H,20,21,22,24). The quantitative estimate of drug-likeness (QED) is 0.735. The van der Waals surface area contributed by atoms with Crippen LogP contribution in [0.25, 0.3) is 0 Å². The van der Waals surface area contributed by atoms with Gasteiger partial charge in [0.15, 0.2) is 5.82 Å². The van der Waals surface area contributed by atoms with E-state index in [-0.39, 0.29) is 28.0 Å². The van der Waals surface area contributed by atoms with Crippen LogP contribution in [-0.4, -0.2) is 21.0 Å². The number of aromatic hydroxyl groups is 1. The molecule has 0 saturated carbocycles. The molecule has 6 nitrogen and oxygen atoms in total. The number of nitrogens with one attached hydrogen (secondary N) is 1. The summed E-state index contributed by atoms with van der Waals surface area (Å²) in [7, 11) is 0. The lowest BCUT2D eigenvalue weighted by Gasteiger charge is -2.10. The number of nitrogens with zero attached hydrogens (tertiary/aromatic N) is 2. The molecule has 0 aliphatic heterocycles. The molecule has 8 heteroatoms. The summed E-state index contributed by atoms with van der Waals surface area (Å²) in [6.45, 7) is 0. The highest BCUT2D eigenvalue weighted by Gasteiger charge is 2.15. The van der Waals surface area contributed by atoms with Crippen molar-refractivity contribution in [3.63, 3.8) is 0 Å². The van der Waals surface area contributed by atoms with Crippen LogP contribution in [0.5, 0.6) is 17.4 Å². The largest absolute Gasteiger partial charge is 0.508 e. The van der Waals surface area contributed by atoms with E-state index < -0.39 is 11.7 Å². The Morgan fingerprint density at radius 2 is 1.92 bits per heavy atom. The first kappa shape index (κ1) is 16.7. The fraction of sp³-hybridized carbons (Fsp3) is 0. The van der Waals surface area contributed by atoms with Gasteiger partial charge in [-0.1, -0.05) is 17.7 Å². The summed E-state index contributed by atoms with van der Waals surface area (Å²) in [6, 6.07) is 11.1. The summed E-state index contributed by atoms with van der Waals surface area (Å²) in [5.41, 5.74) is 0.121. The number of phenols is 1. The molecule has 126 valence electrons. The Labute approximate surface area is 146 Å². The zero-order valence-electron chi connectivity index (χ0n) is 12.6. The predicted octanol–water partition coefficient (Wildman–Crippen LogP) is 4.02. The van der Waals surface area contributed by atoms with E-state index in [0.29, 0.717) is 5.75 Å². The minimum Gasteiger partial charge on any atom is -0.508 e. The van der Waals surface area contributed by atoms with Gasteiger partial charge in [-0.05, 0) is 42.5 Å². The van der Waals surface area contributed by atoms with Crippen LogP contribution in [0.15, 0.2) is 54.9 Å². The van der Waals surface area contributed by atoms with Gasteiger partial charge in [-0.15, -0.1) is 0 Å². The van der Waals surface area contributed by atoms with Gasteiger partial charge < -0.3 is 15.2 Å². The minimum absolute atomic E-state index is 0.0136. The van der Waals surface area contributed by atoms with Crippen molar-refractivity contribution in [1.82, 2.24) is 9.97 Å². The van der Waals surface area contributed by atoms with Crippen molar-refractivity contribution in [2.45, 2.75) is 0 Å². The molecule has 0 aliphatic carbocycles. The van der Waals surface area contributed by atoms with Crippen molar-refractivity contribution in [1.29, 1.82) is 0 Å². The van der Waals surface area contributed by atoms with E-state index in [0.717, 1.165) is 6.07 Å². The molecule has 1 heterocycles. The van der Waals surface area contributed by atoms with Crippen LogP contribution >= 0.6 is 11.6 Å². The third kappa shape index (κ3) is 4.02. The van der Waals surface area contributed by atoms with Crippen LogP contribution in [0.3, 0.4) is 0 Å². The lowest BCUT2D eigenvalue weighted by molar-refractivity contribution is 0.102. The van der Waals surface area contributed by atoms with Gasteiger partial charge in [-0.3, -0.25) is 4.79 Å². The Morgan fingerprint density at radius 1 is 1.16 bits per heavy atom. The number of aromatic nitrogens is 2. The number of benzene rings is 2. The average molecular weight is 360 g/mol. The van der Waals surface area contributed by atoms with Gasteiger partial charge in [0.05, 0.1) is 0 Å². The number of carbonyl (C=O) groups is 1. The third-order valence-electron chi connectivity index (χ3n) is 3.13. The van der Waals surface area contributed by atoms with Gasteiger partial charge in [0.25, 0.3) is 5.91 Å². The van der Waals surface area contributed by atoms with Crippen LogP contribution < -0.4 is 10.1 Å². The molecular formula is C17H11ClFN3O3. The lowest BCUT2D eigenvalue weighted by Crippen LogP contribution is -2.14. The zero-order valence-corrected chi connectivity index (χ0v) is 13.4. The second-order valence-electron chi connectivity index (χ2n) is 4.90. The average Bonchev–Trinajstić information content (AvgIpc) is 2.60. The summed E-state index contributed by atoms with van der Waals surface area (Å²) in [6.07, 6.45) is 1.17. The van der Waals surface area contributed by atoms with E-state index in [1.165, 1.54) is 48.8 Å². The Hall–Kier alpha value is -3.19. The second-order valence-corrected chi connectivity index (χ2v) is 5.28. The van der Waals surface area contributed by atoms with Crippen molar-refractivity contribution in [3.8, 4) is 17.4 Å². The smallest absolute Gasteiger partial charge is 0.256 e. The van der Waals surface area contributed by atoms with Crippen molar-refractivity contribution in [2.24, 2.45) is 0 Å². The first-order valence-corrected chi connectivity index (χ1v) is 7.45. The van der Waals surface area contributed by atoms with Gasteiger partial charge in [-0.25, -0.2) is 9.37 Å². The summed E-state index contributed by atoms with van der Waals surface area (Å²) in [5.74, 6) is -0.574. The Morgan fingerprint density at radius 3 is 2.64 bits per heavy atom. The van der Waals surface area contributed by atoms with E-state index in [9.17, 15) is 14.3 Å². The van der Waals surface area contributed by atoms with Crippen LogP contribution in [0.4, 0.5) is 10.2 Å². The summed E-state index contributed by atoms with van der Waals surface area (Å²) >= 11 is 6.16. The van der Waals surface area contributed by atoms with Crippen LogP contribution in [-0.2, 0) is 0 Å². The molecule has 0 saturated heterocycles. The SMILES string of the molecule is O=C(Nc1ncnc(Oc2ccc(O)cc2)c1Cl)c1cccc(F)c1. The first-order chi connectivity index (χ1) is 12.0. The second kappa shape index (κ2) is 7.14. The number of anilines is 1. The fourth-order valence-electron chi connectivity index (χ4n) is 1.95. The number of carbonyl (C=O) groups excluding carboxylic acids is 1. The highest BCUT2D eigenvalue weighted by Crippen LogP contribution is 2.32. The van der Waals surface area contributed by atoms with Gasteiger partial charge in [0, 0.05) is 5.56 Å². The molecule has 2 aromatic carbocycles. The van der Waals surface area contributed by atoms with E-state index in [4.69, 9.17) is 16.3 Å². The molecule has 0 unspecified atom stereocenters. The van der Waals surface area contributed by atoms with Crippen LogP contribution in [0.2, 0.25) is 5.02 Å². The van der Waals surface area contributed by atoms with Gasteiger partial charge in [0.1, 0.15) is 28.7 Å². The molecule has 0 spiro atoms. The van der Waals surface area contributed by atoms with Crippen molar-refractivity contribution >= 4 is 23.3 Å². The maximum absolute atomic E-state index is 13.2. The molecule has 3 aromatic rings. The Bertz CT molecular complexity index is 919. The monoisotopic (exact) mass is 359 g/mol. The molecule has 0 radical (unpaired) electrons. The molecular weight excluding hydrogens is 349 g/mol. The number of amides is 1. The van der Waals surface area contributed by atoms with Crippen molar-refractivity contribution in [3.05, 3.63) is 71.3 Å². The van der Waals surface area contributed by atoms with Crippen molar-refractivity contribution < 1.29 is 19.0 Å². The van der Waals surface area contributed by atoms with Gasteiger partial charge in [-0.2, -0.15) is 4.98 Å². The summed E-state index contributed by atoms with van der Waals surface area (Å²) in [4.78, 5) is 20.0. The number of halogens is 2. The van der Waals surface area contributed by atoms with E-state index in [1.807, 2.05) is 0 Å². The van der Waals surface area contributed by atoms with E-state index in [2.05, 4.69) is 15.3 Å². The summed E-state index contributed by atoms with van der Waals surface area (Å²) < 4.78 is 18.7. The topological polar surface area (TPSA) is 84.3 Å². The Balaban J connectivity index is 1.81. The Kier molecular flexibility index (Phi) is 4.76. The maximum atomic E-state index is 13.2. The van der Waals surface area contributed by atoms with Crippen molar-refractivity contribution in [2.75, 3.05) is 5.32 Å². The molecule has 3 rings (SSSR count). The highest BCUT2D eigenvalue weighted by molar-refractivity contribution is 6.34. The molecule has 0 atom stereocenters.